The fourth-order valence-corrected chi connectivity index (χ4v) is 2.04. The monoisotopic (exact) mass is 221 g/mol. The van der Waals surface area contributed by atoms with Crippen molar-refractivity contribution in [3.05, 3.63) is 35.9 Å². The molecule has 2 nitrogen and oxygen atoms in total. The standard InChI is InChI=1S/C12H17NO.C2H6/c14-12(11-7-4-8-13-11)9-10-5-2-1-3-6-10;1-2/h1-3,5-6,11-14H,4,7-9H2;1-2H3. The van der Waals surface area contributed by atoms with E-state index in [0.29, 0.717) is 6.04 Å². The summed E-state index contributed by atoms with van der Waals surface area (Å²) in [7, 11) is 0. The lowest BCUT2D eigenvalue weighted by atomic mass is 10.0. The van der Waals surface area contributed by atoms with E-state index in [2.05, 4.69) is 17.4 Å². The van der Waals surface area contributed by atoms with Crippen molar-refractivity contribution in [3.63, 3.8) is 0 Å². The van der Waals surface area contributed by atoms with Crippen LogP contribution < -0.4 is 5.32 Å². The number of hydrogen-bond acceptors (Lipinski definition) is 2. The van der Waals surface area contributed by atoms with Crippen LogP contribution in [0.1, 0.15) is 32.3 Å². The second-order valence-electron chi connectivity index (χ2n) is 3.96. The van der Waals surface area contributed by atoms with Crippen molar-refractivity contribution in [3.8, 4) is 0 Å². The smallest absolute Gasteiger partial charge is 0.0733 e. The van der Waals surface area contributed by atoms with Crippen LogP contribution in [0.25, 0.3) is 0 Å². The molecule has 2 N–H and O–H groups in total. The summed E-state index contributed by atoms with van der Waals surface area (Å²) in [5.41, 5.74) is 1.22. The third kappa shape index (κ3) is 3.95. The highest BCUT2D eigenvalue weighted by atomic mass is 16.3. The normalized spacial score (nSPS) is 21.1. The Hall–Kier alpha value is -0.860. The van der Waals surface area contributed by atoms with Gasteiger partial charge in [-0.2, -0.15) is 0 Å². The third-order valence-corrected chi connectivity index (χ3v) is 2.85. The first-order chi connectivity index (χ1) is 7.86. The van der Waals surface area contributed by atoms with E-state index in [1.165, 1.54) is 12.0 Å². The molecule has 0 bridgehead atoms. The van der Waals surface area contributed by atoms with E-state index >= 15 is 0 Å². The van der Waals surface area contributed by atoms with E-state index in [9.17, 15) is 5.11 Å². The Morgan fingerprint density at radius 3 is 2.56 bits per heavy atom. The van der Waals surface area contributed by atoms with E-state index in [0.717, 1.165) is 19.4 Å². The minimum Gasteiger partial charge on any atom is -0.391 e. The van der Waals surface area contributed by atoms with Gasteiger partial charge >= 0.3 is 0 Å². The molecule has 0 aliphatic carbocycles. The minimum absolute atomic E-state index is 0.236. The first kappa shape index (κ1) is 13.2. The predicted molar refractivity (Wildman–Crippen MR) is 68.5 cm³/mol. The molecule has 1 aromatic rings. The van der Waals surface area contributed by atoms with Crippen molar-refractivity contribution in [2.75, 3.05) is 6.54 Å². The molecule has 2 unspecified atom stereocenters. The van der Waals surface area contributed by atoms with Gasteiger partial charge in [-0.05, 0) is 31.4 Å². The Morgan fingerprint density at radius 1 is 1.31 bits per heavy atom. The highest BCUT2D eigenvalue weighted by Crippen LogP contribution is 2.13. The average Bonchev–Trinajstić information content (AvgIpc) is 2.86. The summed E-state index contributed by atoms with van der Waals surface area (Å²) in [6.07, 6.45) is 2.82. The molecule has 2 heteroatoms. The van der Waals surface area contributed by atoms with Crippen molar-refractivity contribution in [2.45, 2.75) is 45.3 Å². The Kier molecular flexibility index (Phi) is 6.12. The van der Waals surface area contributed by atoms with Crippen molar-refractivity contribution < 1.29 is 5.11 Å². The van der Waals surface area contributed by atoms with E-state index in [1.807, 2.05) is 32.0 Å². The van der Waals surface area contributed by atoms with Gasteiger partial charge in [0.15, 0.2) is 0 Å². The van der Waals surface area contributed by atoms with Crippen molar-refractivity contribution in [1.82, 2.24) is 5.32 Å². The van der Waals surface area contributed by atoms with Crippen LogP contribution in [0.2, 0.25) is 0 Å². The molecule has 1 aliphatic heterocycles. The van der Waals surface area contributed by atoms with E-state index < -0.39 is 0 Å². The van der Waals surface area contributed by atoms with Gasteiger partial charge in [0, 0.05) is 6.04 Å². The van der Waals surface area contributed by atoms with Gasteiger partial charge in [-0.1, -0.05) is 44.2 Å². The molecular formula is C14H23NO. The fourth-order valence-electron chi connectivity index (χ4n) is 2.04. The topological polar surface area (TPSA) is 32.3 Å². The molecule has 0 amide bonds. The van der Waals surface area contributed by atoms with Gasteiger partial charge in [-0.15, -0.1) is 0 Å². The van der Waals surface area contributed by atoms with Crippen LogP contribution in [0.15, 0.2) is 30.3 Å². The van der Waals surface area contributed by atoms with E-state index in [-0.39, 0.29) is 6.10 Å². The highest BCUT2D eigenvalue weighted by molar-refractivity contribution is 5.16. The van der Waals surface area contributed by atoms with Crippen LogP contribution in [-0.4, -0.2) is 23.8 Å². The first-order valence-corrected chi connectivity index (χ1v) is 6.31. The molecule has 1 aliphatic rings. The average molecular weight is 221 g/mol. The molecule has 2 rings (SSSR count). The van der Waals surface area contributed by atoms with Gasteiger partial charge in [0.2, 0.25) is 0 Å². The number of benzene rings is 1. The maximum absolute atomic E-state index is 9.94. The van der Waals surface area contributed by atoms with Crippen molar-refractivity contribution in [2.24, 2.45) is 0 Å². The number of aliphatic hydroxyl groups excluding tert-OH is 1. The summed E-state index contributed by atoms with van der Waals surface area (Å²) in [4.78, 5) is 0. The lowest BCUT2D eigenvalue weighted by Crippen LogP contribution is -2.36. The molecule has 1 fully saturated rings. The van der Waals surface area contributed by atoms with Crippen LogP contribution >= 0.6 is 0 Å². The number of rotatable bonds is 3. The quantitative estimate of drug-likeness (QED) is 0.821. The number of aliphatic hydroxyl groups is 1. The predicted octanol–water partition coefficient (Wildman–Crippen LogP) is 2.37. The maximum atomic E-state index is 9.94. The van der Waals surface area contributed by atoms with Crippen molar-refractivity contribution >= 4 is 0 Å². The molecule has 0 saturated carbocycles. The number of nitrogens with one attached hydrogen (secondary N) is 1. The second kappa shape index (κ2) is 7.42. The summed E-state index contributed by atoms with van der Waals surface area (Å²) in [6, 6.07) is 10.5. The Labute approximate surface area is 98.7 Å². The zero-order chi connectivity index (χ0) is 11.8. The Bertz CT molecular complexity index is 267. The zero-order valence-electron chi connectivity index (χ0n) is 10.3. The molecule has 2 atom stereocenters. The van der Waals surface area contributed by atoms with E-state index in [1.54, 1.807) is 0 Å². The third-order valence-electron chi connectivity index (χ3n) is 2.85. The molecule has 0 radical (unpaired) electrons. The molecule has 0 aromatic heterocycles. The molecule has 1 aromatic carbocycles. The summed E-state index contributed by atoms with van der Waals surface area (Å²) in [5.74, 6) is 0. The number of hydrogen-bond donors (Lipinski definition) is 2. The lowest BCUT2D eigenvalue weighted by molar-refractivity contribution is 0.136. The highest BCUT2D eigenvalue weighted by Gasteiger charge is 2.22. The molecule has 16 heavy (non-hydrogen) atoms. The molecule has 0 spiro atoms. The fraction of sp³-hybridized carbons (Fsp3) is 0.571. The summed E-state index contributed by atoms with van der Waals surface area (Å²) >= 11 is 0. The van der Waals surface area contributed by atoms with Gasteiger partial charge in [0.1, 0.15) is 0 Å². The molecular weight excluding hydrogens is 198 g/mol. The second-order valence-corrected chi connectivity index (χ2v) is 3.96. The van der Waals surface area contributed by atoms with Gasteiger partial charge < -0.3 is 10.4 Å². The minimum atomic E-state index is -0.236. The van der Waals surface area contributed by atoms with Gasteiger partial charge in [0.25, 0.3) is 0 Å². The Morgan fingerprint density at radius 2 is 2.00 bits per heavy atom. The lowest BCUT2D eigenvalue weighted by Gasteiger charge is -2.18. The van der Waals surface area contributed by atoms with E-state index in [4.69, 9.17) is 0 Å². The van der Waals surface area contributed by atoms with Crippen LogP contribution in [-0.2, 0) is 6.42 Å². The summed E-state index contributed by atoms with van der Waals surface area (Å²) in [5, 5.41) is 13.3. The Balaban J connectivity index is 0.000000606. The van der Waals surface area contributed by atoms with Crippen LogP contribution in [0, 0.1) is 0 Å². The van der Waals surface area contributed by atoms with Crippen LogP contribution in [0.5, 0.6) is 0 Å². The maximum Gasteiger partial charge on any atom is 0.0733 e. The SMILES string of the molecule is CC.OC(Cc1ccccc1)C1CCCN1. The largest absolute Gasteiger partial charge is 0.391 e. The van der Waals surface area contributed by atoms with Gasteiger partial charge in [-0.3, -0.25) is 0 Å². The van der Waals surface area contributed by atoms with Crippen molar-refractivity contribution in [1.29, 1.82) is 0 Å². The van der Waals surface area contributed by atoms with Crippen LogP contribution in [0.3, 0.4) is 0 Å². The first-order valence-electron chi connectivity index (χ1n) is 6.31. The van der Waals surface area contributed by atoms with Crippen LogP contribution in [0.4, 0.5) is 0 Å². The van der Waals surface area contributed by atoms with Gasteiger partial charge in [0.05, 0.1) is 6.10 Å². The summed E-state index contributed by atoms with van der Waals surface area (Å²) in [6.45, 7) is 5.05. The summed E-state index contributed by atoms with van der Waals surface area (Å²) < 4.78 is 0. The molecule has 1 saturated heterocycles. The molecule has 1 heterocycles. The van der Waals surface area contributed by atoms with Gasteiger partial charge in [-0.25, -0.2) is 0 Å². The zero-order valence-corrected chi connectivity index (χ0v) is 10.3. The molecule has 90 valence electrons.